The SMILES string of the molecule is CCNC1COCC1C(=O)Nc1ccc(F)nc1. The third-order valence-electron chi connectivity index (χ3n) is 2.88. The summed E-state index contributed by atoms with van der Waals surface area (Å²) in [4.78, 5) is 15.5. The minimum atomic E-state index is -0.567. The molecular weight excluding hydrogens is 237 g/mol. The molecule has 1 fully saturated rings. The maximum atomic E-state index is 12.6. The number of nitrogens with zero attached hydrogens (tertiary/aromatic N) is 1. The summed E-state index contributed by atoms with van der Waals surface area (Å²) < 4.78 is 17.9. The molecule has 2 atom stereocenters. The molecule has 0 saturated carbocycles. The normalized spacial score (nSPS) is 23.0. The number of rotatable bonds is 4. The van der Waals surface area contributed by atoms with Gasteiger partial charge in [0.15, 0.2) is 0 Å². The lowest BCUT2D eigenvalue weighted by molar-refractivity contribution is -0.120. The minimum Gasteiger partial charge on any atom is -0.379 e. The number of amides is 1. The van der Waals surface area contributed by atoms with Crippen LogP contribution in [0.4, 0.5) is 10.1 Å². The third kappa shape index (κ3) is 3.02. The van der Waals surface area contributed by atoms with Crippen LogP contribution in [-0.2, 0) is 9.53 Å². The molecule has 2 heterocycles. The van der Waals surface area contributed by atoms with Gasteiger partial charge in [0.05, 0.1) is 31.0 Å². The molecule has 18 heavy (non-hydrogen) atoms. The Morgan fingerprint density at radius 2 is 2.39 bits per heavy atom. The smallest absolute Gasteiger partial charge is 0.231 e. The first-order chi connectivity index (χ1) is 8.70. The molecule has 2 N–H and O–H groups in total. The minimum absolute atomic E-state index is 0.0309. The third-order valence-corrected chi connectivity index (χ3v) is 2.88. The van der Waals surface area contributed by atoms with Crippen LogP contribution in [0, 0.1) is 11.9 Å². The second-order valence-corrected chi connectivity index (χ2v) is 4.17. The van der Waals surface area contributed by atoms with Gasteiger partial charge in [0.2, 0.25) is 11.9 Å². The summed E-state index contributed by atoms with van der Waals surface area (Å²) >= 11 is 0. The molecule has 1 aromatic rings. The van der Waals surface area contributed by atoms with Gasteiger partial charge in [-0.05, 0) is 18.7 Å². The van der Waals surface area contributed by atoms with E-state index in [-0.39, 0.29) is 17.9 Å². The van der Waals surface area contributed by atoms with E-state index in [1.165, 1.54) is 18.3 Å². The summed E-state index contributed by atoms with van der Waals surface area (Å²) in [6.07, 6.45) is 1.30. The summed E-state index contributed by atoms with van der Waals surface area (Å²) in [5.41, 5.74) is 0.489. The number of nitrogens with one attached hydrogen (secondary N) is 2. The maximum absolute atomic E-state index is 12.6. The fourth-order valence-corrected chi connectivity index (χ4v) is 1.96. The number of ether oxygens (including phenoxy) is 1. The molecule has 1 aliphatic rings. The van der Waals surface area contributed by atoms with Crippen LogP contribution >= 0.6 is 0 Å². The summed E-state index contributed by atoms with van der Waals surface area (Å²) in [6.45, 7) is 3.71. The molecule has 6 heteroatoms. The highest BCUT2D eigenvalue weighted by molar-refractivity contribution is 5.93. The van der Waals surface area contributed by atoms with Gasteiger partial charge in [0.1, 0.15) is 0 Å². The molecule has 0 spiro atoms. The first kappa shape index (κ1) is 12.9. The topological polar surface area (TPSA) is 63.2 Å². The Kier molecular flexibility index (Phi) is 4.22. The Bertz CT molecular complexity index is 410. The van der Waals surface area contributed by atoms with Crippen molar-refractivity contribution >= 4 is 11.6 Å². The van der Waals surface area contributed by atoms with E-state index < -0.39 is 5.95 Å². The number of hydrogen-bond acceptors (Lipinski definition) is 4. The monoisotopic (exact) mass is 253 g/mol. The van der Waals surface area contributed by atoms with Gasteiger partial charge in [-0.25, -0.2) is 4.98 Å². The van der Waals surface area contributed by atoms with Crippen LogP contribution in [0.3, 0.4) is 0 Å². The van der Waals surface area contributed by atoms with Crippen molar-refractivity contribution in [3.63, 3.8) is 0 Å². The molecule has 1 saturated heterocycles. The van der Waals surface area contributed by atoms with Gasteiger partial charge in [-0.15, -0.1) is 0 Å². The average molecular weight is 253 g/mol. The summed E-state index contributed by atoms with van der Waals surface area (Å²) in [5, 5.41) is 5.92. The quantitative estimate of drug-likeness (QED) is 0.778. The number of pyridine rings is 1. The number of hydrogen-bond donors (Lipinski definition) is 2. The maximum Gasteiger partial charge on any atom is 0.231 e. The fourth-order valence-electron chi connectivity index (χ4n) is 1.96. The van der Waals surface area contributed by atoms with Crippen LogP contribution in [0.5, 0.6) is 0 Å². The van der Waals surface area contributed by atoms with Crippen LogP contribution in [0.2, 0.25) is 0 Å². The molecule has 1 aromatic heterocycles. The van der Waals surface area contributed by atoms with Crippen LogP contribution in [0.25, 0.3) is 0 Å². The Morgan fingerprint density at radius 3 is 3.06 bits per heavy atom. The Hall–Kier alpha value is -1.53. The van der Waals surface area contributed by atoms with Crippen LogP contribution in [0.15, 0.2) is 18.3 Å². The van der Waals surface area contributed by atoms with Gasteiger partial charge in [0, 0.05) is 6.04 Å². The van der Waals surface area contributed by atoms with E-state index in [9.17, 15) is 9.18 Å². The van der Waals surface area contributed by atoms with Crippen molar-refractivity contribution in [1.29, 1.82) is 0 Å². The first-order valence-corrected chi connectivity index (χ1v) is 5.94. The van der Waals surface area contributed by atoms with Crippen molar-refractivity contribution in [1.82, 2.24) is 10.3 Å². The van der Waals surface area contributed by atoms with E-state index in [0.29, 0.717) is 18.9 Å². The van der Waals surface area contributed by atoms with Crippen LogP contribution in [-0.4, -0.2) is 36.7 Å². The highest BCUT2D eigenvalue weighted by Crippen LogP contribution is 2.16. The second-order valence-electron chi connectivity index (χ2n) is 4.17. The predicted molar refractivity (Wildman–Crippen MR) is 64.6 cm³/mol. The molecule has 0 radical (unpaired) electrons. The lowest BCUT2D eigenvalue weighted by Gasteiger charge is -2.17. The summed E-state index contributed by atoms with van der Waals surface area (Å²) in [6, 6.07) is 2.73. The zero-order valence-electron chi connectivity index (χ0n) is 10.1. The van der Waals surface area contributed by atoms with E-state index in [1.54, 1.807) is 0 Å². The average Bonchev–Trinajstić information content (AvgIpc) is 2.81. The number of aromatic nitrogens is 1. The number of carbonyl (C=O) groups is 1. The van der Waals surface area contributed by atoms with Gasteiger partial charge < -0.3 is 15.4 Å². The molecule has 2 rings (SSSR count). The van der Waals surface area contributed by atoms with Gasteiger partial charge in [-0.3, -0.25) is 4.79 Å². The van der Waals surface area contributed by atoms with E-state index in [1.807, 2.05) is 6.92 Å². The fraction of sp³-hybridized carbons (Fsp3) is 0.500. The zero-order chi connectivity index (χ0) is 13.0. The van der Waals surface area contributed by atoms with Gasteiger partial charge in [0.25, 0.3) is 0 Å². The van der Waals surface area contributed by atoms with Gasteiger partial charge >= 0.3 is 0 Å². The predicted octanol–water partition coefficient (Wildman–Crippen LogP) is 0.784. The van der Waals surface area contributed by atoms with E-state index >= 15 is 0 Å². The number of anilines is 1. The van der Waals surface area contributed by atoms with Crippen molar-refractivity contribution in [3.8, 4) is 0 Å². The van der Waals surface area contributed by atoms with E-state index in [0.717, 1.165) is 6.54 Å². The Labute approximate surface area is 105 Å². The number of likely N-dealkylation sites (N-methyl/N-ethyl adjacent to an activating group) is 1. The molecular formula is C12H16FN3O2. The largest absolute Gasteiger partial charge is 0.379 e. The second kappa shape index (κ2) is 5.88. The summed E-state index contributed by atoms with van der Waals surface area (Å²) in [5.74, 6) is -0.926. The van der Waals surface area contributed by atoms with Crippen LogP contribution in [0.1, 0.15) is 6.92 Å². The molecule has 0 aliphatic carbocycles. The van der Waals surface area contributed by atoms with Crippen molar-refractivity contribution < 1.29 is 13.9 Å². The highest BCUT2D eigenvalue weighted by atomic mass is 19.1. The molecule has 1 amide bonds. The molecule has 1 aliphatic heterocycles. The molecule has 0 aromatic carbocycles. The van der Waals surface area contributed by atoms with Crippen molar-refractivity contribution in [2.75, 3.05) is 25.1 Å². The molecule has 2 unspecified atom stereocenters. The van der Waals surface area contributed by atoms with Crippen LogP contribution < -0.4 is 10.6 Å². The molecule has 0 bridgehead atoms. The van der Waals surface area contributed by atoms with Crippen molar-refractivity contribution in [3.05, 3.63) is 24.3 Å². The Balaban J connectivity index is 1.96. The number of halogens is 1. The van der Waals surface area contributed by atoms with Crippen molar-refractivity contribution in [2.45, 2.75) is 13.0 Å². The van der Waals surface area contributed by atoms with Gasteiger partial charge in [-0.1, -0.05) is 6.92 Å². The lowest BCUT2D eigenvalue weighted by Crippen LogP contribution is -2.41. The number of carbonyl (C=O) groups excluding carboxylic acids is 1. The Morgan fingerprint density at radius 1 is 1.56 bits per heavy atom. The van der Waals surface area contributed by atoms with Gasteiger partial charge in [-0.2, -0.15) is 4.39 Å². The van der Waals surface area contributed by atoms with E-state index in [2.05, 4.69) is 15.6 Å². The lowest BCUT2D eigenvalue weighted by atomic mass is 10.0. The molecule has 5 nitrogen and oxygen atoms in total. The zero-order valence-corrected chi connectivity index (χ0v) is 10.1. The standard InChI is InChI=1S/C12H16FN3O2/c1-2-14-10-7-18-6-9(10)12(17)16-8-3-4-11(13)15-5-8/h3-5,9-10,14H,2,6-7H2,1H3,(H,16,17). The summed E-state index contributed by atoms with van der Waals surface area (Å²) in [7, 11) is 0. The van der Waals surface area contributed by atoms with Crippen molar-refractivity contribution in [2.24, 2.45) is 5.92 Å². The first-order valence-electron chi connectivity index (χ1n) is 5.94. The highest BCUT2D eigenvalue weighted by Gasteiger charge is 2.33. The molecule has 98 valence electrons. The van der Waals surface area contributed by atoms with E-state index in [4.69, 9.17) is 4.74 Å².